The number of carbonyl (C=O) groups excluding carboxylic acids is 1. The maximum absolute atomic E-state index is 12.2. The number of sulfone groups is 1. The first-order valence-electron chi connectivity index (χ1n) is 5.97. The minimum atomic E-state index is -3.63. The van der Waals surface area contributed by atoms with Gasteiger partial charge in [0.2, 0.25) is 0 Å². The van der Waals surface area contributed by atoms with E-state index in [-0.39, 0.29) is 10.7 Å². The van der Waals surface area contributed by atoms with Crippen molar-refractivity contribution < 1.29 is 13.2 Å². The van der Waals surface area contributed by atoms with E-state index in [1.54, 1.807) is 37.3 Å². The summed E-state index contributed by atoms with van der Waals surface area (Å²) in [5, 5.41) is 0. The van der Waals surface area contributed by atoms with Crippen LogP contribution < -0.4 is 0 Å². The van der Waals surface area contributed by atoms with E-state index in [1.165, 1.54) is 12.1 Å². The van der Waals surface area contributed by atoms with Crippen molar-refractivity contribution in [2.24, 2.45) is 0 Å². The molecule has 0 spiro atoms. The van der Waals surface area contributed by atoms with E-state index in [1.807, 2.05) is 6.07 Å². The summed E-state index contributed by atoms with van der Waals surface area (Å²) in [6, 6.07) is 13.3. The van der Waals surface area contributed by atoms with Gasteiger partial charge in [-0.15, -0.1) is 0 Å². The molecule has 3 nitrogen and oxygen atoms in total. The topological polar surface area (TPSA) is 51.2 Å². The third kappa shape index (κ3) is 3.35. The maximum Gasteiger partial charge on any atom is 0.185 e. The van der Waals surface area contributed by atoms with E-state index < -0.39 is 15.6 Å². The number of benzene rings is 2. The van der Waals surface area contributed by atoms with Crippen molar-refractivity contribution in [3.8, 4) is 0 Å². The van der Waals surface area contributed by atoms with Gasteiger partial charge < -0.3 is 0 Å². The maximum atomic E-state index is 12.2. The lowest BCUT2D eigenvalue weighted by Gasteiger charge is -2.06. The Bertz CT molecular complexity index is 751. The van der Waals surface area contributed by atoms with Gasteiger partial charge in [0.15, 0.2) is 15.6 Å². The van der Waals surface area contributed by atoms with E-state index in [2.05, 4.69) is 15.9 Å². The van der Waals surface area contributed by atoms with Crippen LogP contribution in [0.25, 0.3) is 0 Å². The van der Waals surface area contributed by atoms with Crippen molar-refractivity contribution >= 4 is 31.6 Å². The first kappa shape index (κ1) is 14.9. The second-order valence-corrected chi connectivity index (χ2v) is 7.36. The van der Waals surface area contributed by atoms with Gasteiger partial charge >= 0.3 is 0 Å². The number of ketones is 1. The predicted octanol–water partition coefficient (Wildman–Crippen LogP) is 3.41. The molecule has 0 saturated heterocycles. The van der Waals surface area contributed by atoms with Gasteiger partial charge in [0.05, 0.1) is 4.90 Å². The first-order chi connectivity index (χ1) is 9.40. The molecule has 0 fully saturated rings. The number of aryl methyl sites for hydroxylation is 1. The van der Waals surface area contributed by atoms with E-state index in [0.29, 0.717) is 10.0 Å². The molecule has 0 bridgehead atoms. The van der Waals surface area contributed by atoms with Gasteiger partial charge in [0.25, 0.3) is 0 Å². The Balaban J connectivity index is 2.30. The molecule has 0 amide bonds. The summed E-state index contributed by atoms with van der Waals surface area (Å²) in [4.78, 5) is 12.3. The number of halogens is 1. The van der Waals surface area contributed by atoms with Crippen LogP contribution in [0, 0.1) is 6.92 Å². The average molecular weight is 353 g/mol. The van der Waals surface area contributed by atoms with Crippen molar-refractivity contribution in [1.29, 1.82) is 0 Å². The molecule has 5 heteroatoms. The van der Waals surface area contributed by atoms with E-state index in [0.717, 1.165) is 5.56 Å². The van der Waals surface area contributed by atoms with Gasteiger partial charge in [-0.25, -0.2) is 8.42 Å². The third-order valence-electron chi connectivity index (χ3n) is 2.92. The van der Waals surface area contributed by atoms with E-state index >= 15 is 0 Å². The predicted molar refractivity (Wildman–Crippen MR) is 81.7 cm³/mol. The normalized spacial score (nSPS) is 11.3. The average Bonchev–Trinajstić information content (AvgIpc) is 2.38. The SMILES string of the molecule is Cc1ccccc1C(=O)CS(=O)(=O)c1cccc(Br)c1. The minimum Gasteiger partial charge on any atom is -0.293 e. The number of Topliss-reactive ketones (excluding diaryl/α,β-unsaturated/α-hetero) is 1. The summed E-state index contributed by atoms with van der Waals surface area (Å²) in [5.74, 6) is -0.906. The number of rotatable bonds is 4. The molecule has 2 aromatic carbocycles. The molecule has 0 unspecified atom stereocenters. The zero-order chi connectivity index (χ0) is 14.8. The highest BCUT2D eigenvalue weighted by Gasteiger charge is 2.21. The molecule has 0 atom stereocenters. The molecule has 2 aromatic rings. The van der Waals surface area contributed by atoms with Crippen LogP contribution in [0.15, 0.2) is 57.9 Å². The molecule has 0 saturated carbocycles. The number of hydrogen-bond donors (Lipinski definition) is 0. The lowest BCUT2D eigenvalue weighted by molar-refractivity contribution is 0.102. The van der Waals surface area contributed by atoms with Gasteiger partial charge in [0.1, 0.15) is 5.75 Å². The zero-order valence-electron chi connectivity index (χ0n) is 10.8. The highest BCUT2D eigenvalue weighted by atomic mass is 79.9. The Kier molecular flexibility index (Phi) is 4.40. The van der Waals surface area contributed by atoms with Crippen LogP contribution in [0.3, 0.4) is 0 Å². The van der Waals surface area contributed by atoms with Crippen LogP contribution in [-0.2, 0) is 9.84 Å². The molecule has 0 aliphatic heterocycles. The van der Waals surface area contributed by atoms with Gasteiger partial charge in [-0.1, -0.05) is 46.3 Å². The Morgan fingerprint density at radius 3 is 2.45 bits per heavy atom. The quantitative estimate of drug-likeness (QED) is 0.792. The zero-order valence-corrected chi connectivity index (χ0v) is 13.2. The molecule has 0 aliphatic rings. The lowest BCUT2D eigenvalue weighted by Crippen LogP contribution is -2.17. The smallest absolute Gasteiger partial charge is 0.185 e. The van der Waals surface area contributed by atoms with Crippen LogP contribution in [0.2, 0.25) is 0 Å². The highest BCUT2D eigenvalue weighted by molar-refractivity contribution is 9.10. The molecule has 20 heavy (non-hydrogen) atoms. The van der Waals surface area contributed by atoms with Crippen LogP contribution in [0.4, 0.5) is 0 Å². The summed E-state index contributed by atoms with van der Waals surface area (Å²) in [7, 11) is -3.63. The van der Waals surface area contributed by atoms with Crippen molar-refractivity contribution in [3.63, 3.8) is 0 Å². The van der Waals surface area contributed by atoms with Crippen molar-refractivity contribution in [2.75, 3.05) is 5.75 Å². The second-order valence-electron chi connectivity index (χ2n) is 4.45. The molecule has 0 aromatic heterocycles. The Hall–Kier alpha value is -1.46. The summed E-state index contributed by atoms with van der Waals surface area (Å²) in [6.45, 7) is 1.79. The van der Waals surface area contributed by atoms with Crippen LogP contribution >= 0.6 is 15.9 Å². The van der Waals surface area contributed by atoms with Crippen LogP contribution in [0.5, 0.6) is 0 Å². The van der Waals surface area contributed by atoms with Crippen molar-refractivity contribution in [1.82, 2.24) is 0 Å². The molecule has 104 valence electrons. The Morgan fingerprint density at radius 1 is 1.10 bits per heavy atom. The molecule has 0 N–H and O–H groups in total. The lowest BCUT2D eigenvalue weighted by atomic mass is 10.1. The van der Waals surface area contributed by atoms with Crippen molar-refractivity contribution in [2.45, 2.75) is 11.8 Å². The largest absolute Gasteiger partial charge is 0.293 e. The minimum absolute atomic E-state index is 0.147. The molecule has 0 aliphatic carbocycles. The molecule has 0 heterocycles. The van der Waals surface area contributed by atoms with Gasteiger partial charge in [-0.05, 0) is 30.7 Å². The van der Waals surface area contributed by atoms with E-state index in [4.69, 9.17) is 0 Å². The Morgan fingerprint density at radius 2 is 1.80 bits per heavy atom. The fourth-order valence-corrected chi connectivity index (χ4v) is 3.69. The molecule has 2 rings (SSSR count). The van der Waals surface area contributed by atoms with Gasteiger partial charge in [-0.3, -0.25) is 4.79 Å². The first-order valence-corrected chi connectivity index (χ1v) is 8.42. The fourth-order valence-electron chi connectivity index (χ4n) is 1.88. The standard InChI is InChI=1S/C15H13BrO3S/c1-11-5-2-3-8-14(11)15(17)10-20(18,19)13-7-4-6-12(16)9-13/h2-9H,10H2,1H3. The fraction of sp³-hybridized carbons (Fsp3) is 0.133. The van der Waals surface area contributed by atoms with Crippen molar-refractivity contribution in [3.05, 3.63) is 64.1 Å². The third-order valence-corrected chi connectivity index (χ3v) is 5.03. The molecular formula is C15H13BrO3S. The van der Waals surface area contributed by atoms with Crippen LogP contribution in [-0.4, -0.2) is 20.0 Å². The van der Waals surface area contributed by atoms with E-state index in [9.17, 15) is 13.2 Å². The summed E-state index contributed by atoms with van der Waals surface area (Å²) >= 11 is 3.23. The summed E-state index contributed by atoms with van der Waals surface area (Å²) in [6.07, 6.45) is 0. The van der Waals surface area contributed by atoms with Gasteiger partial charge in [-0.2, -0.15) is 0 Å². The number of hydrogen-bond acceptors (Lipinski definition) is 3. The molecule has 0 radical (unpaired) electrons. The summed E-state index contributed by atoms with van der Waals surface area (Å²) < 4.78 is 25.1. The Labute approximate surface area is 126 Å². The summed E-state index contributed by atoms with van der Waals surface area (Å²) in [5.41, 5.74) is 1.23. The monoisotopic (exact) mass is 352 g/mol. The second kappa shape index (κ2) is 5.89. The van der Waals surface area contributed by atoms with Gasteiger partial charge in [0, 0.05) is 10.0 Å². The van der Waals surface area contributed by atoms with Crippen LogP contribution in [0.1, 0.15) is 15.9 Å². The molecular weight excluding hydrogens is 340 g/mol. The highest BCUT2D eigenvalue weighted by Crippen LogP contribution is 2.19. The number of carbonyl (C=O) groups is 1.